The average molecular weight is 536 g/mol. The summed E-state index contributed by atoms with van der Waals surface area (Å²) in [6.45, 7) is 2.25. The van der Waals surface area contributed by atoms with Crippen LogP contribution in [0.3, 0.4) is 0 Å². The van der Waals surface area contributed by atoms with Crippen LogP contribution in [0.25, 0.3) is 0 Å². The fourth-order valence-electron chi connectivity index (χ4n) is 2.77. The predicted octanol–water partition coefficient (Wildman–Crippen LogP) is 6.64. The van der Waals surface area contributed by atoms with Gasteiger partial charge in [-0.2, -0.15) is 5.10 Å². The molecule has 1 atom stereocenters. The monoisotopic (exact) mass is 534 g/mol. The molecule has 0 heterocycles. The Kier molecular flexibility index (Phi) is 8.97. The van der Waals surface area contributed by atoms with Crippen molar-refractivity contribution in [3.63, 3.8) is 0 Å². The van der Waals surface area contributed by atoms with Crippen LogP contribution in [0.15, 0.2) is 76.3 Å². The predicted molar refractivity (Wildman–Crippen MR) is 132 cm³/mol. The Morgan fingerprint density at radius 3 is 2.56 bits per heavy atom. The first-order chi connectivity index (χ1) is 15.5. The van der Waals surface area contributed by atoms with Gasteiger partial charge in [-0.15, -0.1) is 0 Å². The Morgan fingerprint density at radius 2 is 1.84 bits per heavy atom. The third kappa shape index (κ3) is 6.99. The van der Waals surface area contributed by atoms with Crippen LogP contribution < -0.4 is 14.9 Å². The molecule has 0 unspecified atom stereocenters. The van der Waals surface area contributed by atoms with E-state index in [0.717, 1.165) is 10.0 Å². The van der Waals surface area contributed by atoms with Gasteiger partial charge in [-0.1, -0.05) is 76.4 Å². The molecule has 5 nitrogen and oxygen atoms in total. The number of hydrogen-bond donors (Lipinski definition) is 1. The maximum Gasteiger partial charge on any atom is 0.281 e. The maximum atomic E-state index is 12.6. The topological polar surface area (TPSA) is 59.9 Å². The van der Waals surface area contributed by atoms with Crippen molar-refractivity contribution in [3.8, 4) is 11.5 Å². The molecule has 1 amide bonds. The molecule has 3 aromatic rings. The van der Waals surface area contributed by atoms with Crippen LogP contribution in [0.4, 0.5) is 0 Å². The fourth-order valence-corrected chi connectivity index (χ4v) is 3.60. The van der Waals surface area contributed by atoms with Crippen molar-refractivity contribution >= 4 is 51.3 Å². The summed E-state index contributed by atoms with van der Waals surface area (Å²) in [6.07, 6.45) is 1.20. The van der Waals surface area contributed by atoms with Crippen LogP contribution in [0.5, 0.6) is 11.5 Å². The highest BCUT2D eigenvalue weighted by Crippen LogP contribution is 2.28. The Bertz CT molecular complexity index is 1090. The molecule has 1 N–H and O–H groups in total. The van der Waals surface area contributed by atoms with Crippen LogP contribution >= 0.6 is 39.1 Å². The molecule has 0 saturated heterocycles. The van der Waals surface area contributed by atoms with Gasteiger partial charge in [-0.05, 0) is 48.4 Å². The number of hydrogen-bond acceptors (Lipinski definition) is 4. The molecule has 8 heteroatoms. The van der Waals surface area contributed by atoms with E-state index in [0.29, 0.717) is 40.1 Å². The van der Waals surface area contributed by atoms with E-state index in [1.807, 2.05) is 55.5 Å². The summed E-state index contributed by atoms with van der Waals surface area (Å²) in [5.74, 6) is 0.633. The van der Waals surface area contributed by atoms with E-state index in [9.17, 15) is 4.79 Å². The molecule has 32 heavy (non-hydrogen) atoms. The Morgan fingerprint density at radius 1 is 1.09 bits per heavy atom. The molecule has 0 spiro atoms. The summed E-state index contributed by atoms with van der Waals surface area (Å²) >= 11 is 15.5. The minimum absolute atomic E-state index is 0.335. The van der Waals surface area contributed by atoms with Crippen molar-refractivity contribution in [1.82, 2.24) is 5.43 Å². The molecule has 0 bridgehead atoms. The second kappa shape index (κ2) is 11.9. The molecule has 3 aromatic carbocycles. The number of carbonyl (C=O) groups excluding carboxylic acids is 1. The molecule has 3 rings (SSSR count). The van der Waals surface area contributed by atoms with E-state index in [1.54, 1.807) is 18.2 Å². The molecular weight excluding hydrogens is 515 g/mol. The number of carbonyl (C=O) groups is 1. The van der Waals surface area contributed by atoms with Gasteiger partial charge in [0, 0.05) is 15.1 Å². The first-order valence-electron chi connectivity index (χ1n) is 9.87. The molecular formula is C24H21BrCl2N2O3. The summed E-state index contributed by atoms with van der Waals surface area (Å²) in [6, 6.07) is 20.3. The lowest BCUT2D eigenvalue weighted by atomic mass is 10.2. The van der Waals surface area contributed by atoms with Gasteiger partial charge in [-0.3, -0.25) is 4.79 Å². The second-order valence-corrected chi connectivity index (χ2v) is 8.54. The van der Waals surface area contributed by atoms with Crippen LogP contribution in [-0.4, -0.2) is 18.2 Å². The minimum Gasteiger partial charge on any atom is -0.488 e. The van der Waals surface area contributed by atoms with Gasteiger partial charge in [0.2, 0.25) is 0 Å². The van der Waals surface area contributed by atoms with Crippen molar-refractivity contribution in [2.24, 2.45) is 5.10 Å². The highest BCUT2D eigenvalue weighted by atomic mass is 79.9. The highest BCUT2D eigenvalue weighted by Gasteiger charge is 2.19. The molecule has 0 saturated carbocycles. The lowest BCUT2D eigenvalue weighted by molar-refractivity contribution is -0.128. The third-order valence-electron chi connectivity index (χ3n) is 4.41. The van der Waals surface area contributed by atoms with E-state index < -0.39 is 12.0 Å². The van der Waals surface area contributed by atoms with Crippen molar-refractivity contribution in [2.75, 3.05) is 0 Å². The zero-order valence-electron chi connectivity index (χ0n) is 17.2. The zero-order chi connectivity index (χ0) is 22.9. The van der Waals surface area contributed by atoms with Gasteiger partial charge in [0.25, 0.3) is 5.91 Å². The Labute approximate surface area is 205 Å². The first kappa shape index (κ1) is 24.1. The summed E-state index contributed by atoms with van der Waals surface area (Å²) in [7, 11) is 0. The van der Waals surface area contributed by atoms with Crippen LogP contribution in [0.2, 0.25) is 10.0 Å². The first-order valence-corrected chi connectivity index (χ1v) is 11.4. The largest absolute Gasteiger partial charge is 0.488 e. The van der Waals surface area contributed by atoms with E-state index in [1.165, 1.54) is 6.21 Å². The van der Waals surface area contributed by atoms with Crippen molar-refractivity contribution in [3.05, 3.63) is 92.4 Å². The number of benzene rings is 3. The molecule has 0 fully saturated rings. The van der Waals surface area contributed by atoms with Gasteiger partial charge in [-0.25, -0.2) is 5.43 Å². The minimum atomic E-state index is -0.762. The normalized spacial score (nSPS) is 11.9. The summed E-state index contributed by atoms with van der Waals surface area (Å²) in [5.41, 5.74) is 4.28. The van der Waals surface area contributed by atoms with Crippen molar-refractivity contribution in [2.45, 2.75) is 26.1 Å². The number of hydrazone groups is 1. The maximum absolute atomic E-state index is 12.6. The fraction of sp³-hybridized carbons (Fsp3) is 0.167. The average Bonchev–Trinajstić information content (AvgIpc) is 2.78. The lowest BCUT2D eigenvalue weighted by Crippen LogP contribution is -2.35. The second-order valence-electron chi connectivity index (χ2n) is 6.78. The van der Waals surface area contributed by atoms with Gasteiger partial charge in [0.1, 0.15) is 18.1 Å². The molecule has 0 aliphatic heterocycles. The number of nitrogens with zero attached hydrogens (tertiary/aromatic N) is 1. The van der Waals surface area contributed by atoms with E-state index in [-0.39, 0.29) is 0 Å². The van der Waals surface area contributed by atoms with Gasteiger partial charge in [0.15, 0.2) is 6.10 Å². The number of rotatable bonds is 9. The third-order valence-corrected chi connectivity index (χ3v) is 5.44. The summed E-state index contributed by atoms with van der Waals surface area (Å²) < 4.78 is 12.5. The van der Waals surface area contributed by atoms with Gasteiger partial charge < -0.3 is 9.47 Å². The Hall–Kier alpha value is -2.54. The molecule has 0 aromatic heterocycles. The van der Waals surface area contributed by atoms with Crippen molar-refractivity contribution < 1.29 is 14.3 Å². The smallest absolute Gasteiger partial charge is 0.281 e. The summed E-state index contributed by atoms with van der Waals surface area (Å²) in [4.78, 5) is 12.6. The number of nitrogens with one attached hydrogen (secondary N) is 1. The van der Waals surface area contributed by atoms with Crippen LogP contribution in [0.1, 0.15) is 24.5 Å². The number of amides is 1. The standard InChI is InChI=1S/C24H21BrCl2N2O3/c1-2-21(32-23-11-9-19(26)13-20(23)27)24(30)29-28-14-17-12-18(25)8-10-22(17)31-15-16-6-4-3-5-7-16/h3-14,21H,2,15H2,1H3,(H,29,30)/b28-14-/t21-/m1/s1. The highest BCUT2D eigenvalue weighted by molar-refractivity contribution is 9.10. The van der Waals surface area contributed by atoms with Gasteiger partial charge in [0.05, 0.1) is 11.2 Å². The molecule has 0 aliphatic carbocycles. The van der Waals surface area contributed by atoms with Crippen LogP contribution in [0, 0.1) is 0 Å². The summed E-state index contributed by atoms with van der Waals surface area (Å²) in [5, 5.41) is 4.91. The van der Waals surface area contributed by atoms with E-state index >= 15 is 0 Å². The number of ether oxygens (including phenoxy) is 2. The lowest BCUT2D eigenvalue weighted by Gasteiger charge is -2.16. The molecule has 166 valence electrons. The number of halogens is 3. The van der Waals surface area contributed by atoms with Gasteiger partial charge >= 0.3 is 0 Å². The van der Waals surface area contributed by atoms with E-state index in [2.05, 4.69) is 26.5 Å². The Balaban J connectivity index is 1.64. The molecule has 0 aliphatic rings. The van der Waals surface area contributed by atoms with Crippen molar-refractivity contribution in [1.29, 1.82) is 0 Å². The van der Waals surface area contributed by atoms with Crippen LogP contribution in [-0.2, 0) is 11.4 Å². The zero-order valence-corrected chi connectivity index (χ0v) is 20.3. The SMILES string of the molecule is CC[C@@H](Oc1ccc(Cl)cc1Cl)C(=O)N/N=C\c1cc(Br)ccc1OCc1ccccc1. The quantitative estimate of drug-likeness (QED) is 0.246. The van der Waals surface area contributed by atoms with E-state index in [4.69, 9.17) is 32.7 Å². The molecule has 0 radical (unpaired) electrons.